The number of carbonyl (C=O) groups is 1. The lowest BCUT2D eigenvalue weighted by Gasteiger charge is -2.02. The summed E-state index contributed by atoms with van der Waals surface area (Å²) < 4.78 is 1.74. The third kappa shape index (κ3) is 1.42. The van der Waals surface area contributed by atoms with Gasteiger partial charge in [-0.25, -0.2) is 4.79 Å². The van der Waals surface area contributed by atoms with Crippen molar-refractivity contribution in [1.82, 2.24) is 4.57 Å². The van der Waals surface area contributed by atoms with Gasteiger partial charge in [0, 0.05) is 12.7 Å². The molecule has 0 radical (unpaired) electrons. The van der Waals surface area contributed by atoms with E-state index in [2.05, 4.69) is 0 Å². The van der Waals surface area contributed by atoms with Gasteiger partial charge in [0.15, 0.2) is 0 Å². The number of carboxylic acids is 1. The fourth-order valence-electron chi connectivity index (χ4n) is 1.10. The van der Waals surface area contributed by atoms with Crippen molar-refractivity contribution in [2.24, 2.45) is 0 Å². The Hall–Kier alpha value is -1.45. The molecule has 1 heterocycles. The Labute approximate surface area is 70.6 Å². The predicted molar refractivity (Wildman–Crippen MR) is 46.1 cm³/mol. The van der Waals surface area contributed by atoms with Crippen LogP contribution in [0.3, 0.4) is 0 Å². The minimum atomic E-state index is -0.970. The second kappa shape index (κ2) is 3.30. The van der Waals surface area contributed by atoms with E-state index in [0.717, 1.165) is 13.0 Å². The Bertz CT molecular complexity index is 291. The molecule has 0 atom stereocenters. The van der Waals surface area contributed by atoms with Crippen LogP contribution in [0.4, 0.5) is 5.82 Å². The van der Waals surface area contributed by atoms with Crippen LogP contribution in [-0.4, -0.2) is 15.6 Å². The summed E-state index contributed by atoms with van der Waals surface area (Å²) in [7, 11) is 0. The van der Waals surface area contributed by atoms with Gasteiger partial charge in [0.25, 0.3) is 0 Å². The number of aryl methyl sites for hydroxylation is 1. The van der Waals surface area contributed by atoms with E-state index in [1.807, 2.05) is 6.92 Å². The minimum absolute atomic E-state index is 0.184. The number of nitrogens with zero attached hydrogens (tertiary/aromatic N) is 1. The number of rotatable bonds is 3. The Morgan fingerprint density at radius 1 is 1.75 bits per heavy atom. The quantitative estimate of drug-likeness (QED) is 0.712. The van der Waals surface area contributed by atoms with E-state index >= 15 is 0 Å². The maximum absolute atomic E-state index is 10.5. The molecule has 1 rings (SSSR count). The number of nitrogens with two attached hydrogens (primary N) is 1. The summed E-state index contributed by atoms with van der Waals surface area (Å²) >= 11 is 0. The molecular weight excluding hydrogens is 156 g/mol. The number of anilines is 1. The van der Waals surface area contributed by atoms with Crippen LogP contribution >= 0.6 is 0 Å². The average Bonchev–Trinajstić information content (AvgIpc) is 2.34. The van der Waals surface area contributed by atoms with E-state index in [-0.39, 0.29) is 5.56 Å². The molecule has 1 aromatic heterocycles. The van der Waals surface area contributed by atoms with Crippen molar-refractivity contribution in [3.8, 4) is 0 Å². The van der Waals surface area contributed by atoms with Gasteiger partial charge in [-0.05, 0) is 12.5 Å². The first-order valence-electron chi connectivity index (χ1n) is 3.84. The monoisotopic (exact) mass is 168 g/mol. The molecule has 0 aliphatic rings. The van der Waals surface area contributed by atoms with Crippen molar-refractivity contribution in [2.75, 3.05) is 5.73 Å². The molecule has 0 bridgehead atoms. The highest BCUT2D eigenvalue weighted by atomic mass is 16.4. The van der Waals surface area contributed by atoms with E-state index < -0.39 is 5.97 Å². The van der Waals surface area contributed by atoms with Gasteiger partial charge in [-0.2, -0.15) is 0 Å². The summed E-state index contributed by atoms with van der Waals surface area (Å²) in [5.74, 6) is -0.633. The Morgan fingerprint density at radius 2 is 2.42 bits per heavy atom. The van der Waals surface area contributed by atoms with Crippen molar-refractivity contribution in [3.05, 3.63) is 17.8 Å². The molecule has 0 saturated carbocycles. The summed E-state index contributed by atoms with van der Waals surface area (Å²) in [5.41, 5.74) is 5.76. The van der Waals surface area contributed by atoms with Crippen LogP contribution < -0.4 is 5.73 Å². The van der Waals surface area contributed by atoms with Gasteiger partial charge in [-0.1, -0.05) is 6.92 Å². The van der Waals surface area contributed by atoms with E-state index in [9.17, 15) is 4.79 Å². The van der Waals surface area contributed by atoms with Crippen LogP contribution in [0.25, 0.3) is 0 Å². The lowest BCUT2D eigenvalue weighted by atomic mass is 10.3. The van der Waals surface area contributed by atoms with Crippen molar-refractivity contribution in [3.63, 3.8) is 0 Å². The van der Waals surface area contributed by atoms with Gasteiger partial charge in [0.2, 0.25) is 0 Å². The summed E-state index contributed by atoms with van der Waals surface area (Å²) in [6.45, 7) is 2.78. The van der Waals surface area contributed by atoms with Crippen molar-refractivity contribution in [2.45, 2.75) is 19.9 Å². The van der Waals surface area contributed by atoms with E-state index in [4.69, 9.17) is 10.8 Å². The molecular formula is C8H12N2O2. The molecule has 0 aliphatic heterocycles. The topological polar surface area (TPSA) is 68.2 Å². The van der Waals surface area contributed by atoms with Gasteiger partial charge in [0.05, 0.1) is 0 Å². The summed E-state index contributed by atoms with van der Waals surface area (Å²) in [5, 5.41) is 8.65. The number of hydrogen-bond acceptors (Lipinski definition) is 2. The van der Waals surface area contributed by atoms with Crippen LogP contribution in [-0.2, 0) is 6.54 Å². The summed E-state index contributed by atoms with van der Waals surface area (Å²) in [6, 6.07) is 1.52. The lowest BCUT2D eigenvalue weighted by molar-refractivity contribution is 0.0698. The summed E-state index contributed by atoms with van der Waals surface area (Å²) in [6.07, 6.45) is 2.64. The first-order chi connectivity index (χ1) is 5.66. The molecule has 1 aromatic rings. The molecule has 66 valence electrons. The zero-order chi connectivity index (χ0) is 9.14. The largest absolute Gasteiger partial charge is 0.478 e. The first-order valence-corrected chi connectivity index (χ1v) is 3.84. The number of aromatic carboxylic acids is 1. The lowest BCUT2D eigenvalue weighted by Crippen LogP contribution is -2.05. The number of carboxylic acid groups (broad SMARTS) is 1. The molecule has 0 spiro atoms. The molecule has 0 aromatic carbocycles. The minimum Gasteiger partial charge on any atom is -0.478 e. The van der Waals surface area contributed by atoms with Crippen LogP contribution in [0, 0.1) is 0 Å². The molecule has 3 N–H and O–H groups in total. The van der Waals surface area contributed by atoms with Crippen LogP contribution in [0.1, 0.15) is 23.7 Å². The fraction of sp³-hybridized carbons (Fsp3) is 0.375. The molecule has 4 heteroatoms. The zero-order valence-corrected chi connectivity index (χ0v) is 6.95. The van der Waals surface area contributed by atoms with Gasteiger partial charge in [-0.3, -0.25) is 0 Å². The second-order valence-electron chi connectivity index (χ2n) is 2.61. The fourth-order valence-corrected chi connectivity index (χ4v) is 1.10. The molecule has 0 unspecified atom stereocenters. The standard InChI is InChI=1S/C8H12N2O2/c1-2-4-10-5-3-6(7(10)9)8(11)12/h3,5H,2,4,9H2,1H3,(H,11,12). The second-order valence-corrected chi connectivity index (χ2v) is 2.61. The van der Waals surface area contributed by atoms with Crippen molar-refractivity contribution >= 4 is 11.8 Å². The van der Waals surface area contributed by atoms with Crippen molar-refractivity contribution < 1.29 is 9.90 Å². The molecule has 0 fully saturated rings. The highest BCUT2D eigenvalue weighted by Crippen LogP contribution is 2.13. The van der Waals surface area contributed by atoms with E-state index in [1.54, 1.807) is 10.8 Å². The van der Waals surface area contributed by atoms with E-state index in [0.29, 0.717) is 5.82 Å². The highest BCUT2D eigenvalue weighted by molar-refractivity contribution is 5.92. The summed E-state index contributed by atoms with van der Waals surface area (Å²) in [4.78, 5) is 10.5. The molecule has 4 nitrogen and oxygen atoms in total. The molecule has 12 heavy (non-hydrogen) atoms. The maximum atomic E-state index is 10.5. The normalized spacial score (nSPS) is 10.1. The Balaban J connectivity index is 2.96. The van der Waals surface area contributed by atoms with Gasteiger partial charge < -0.3 is 15.4 Å². The predicted octanol–water partition coefficient (Wildman–Crippen LogP) is 1.18. The van der Waals surface area contributed by atoms with Crippen LogP contribution in [0.15, 0.2) is 12.3 Å². The highest BCUT2D eigenvalue weighted by Gasteiger charge is 2.10. The van der Waals surface area contributed by atoms with Crippen LogP contribution in [0.5, 0.6) is 0 Å². The third-order valence-corrected chi connectivity index (χ3v) is 1.70. The maximum Gasteiger partial charge on any atom is 0.339 e. The number of hydrogen-bond donors (Lipinski definition) is 2. The van der Waals surface area contributed by atoms with Crippen molar-refractivity contribution in [1.29, 1.82) is 0 Å². The molecule has 0 aliphatic carbocycles. The number of aromatic nitrogens is 1. The number of nitrogen functional groups attached to an aromatic ring is 1. The SMILES string of the molecule is CCCn1ccc(C(=O)O)c1N. The Morgan fingerprint density at radius 3 is 2.83 bits per heavy atom. The zero-order valence-electron chi connectivity index (χ0n) is 6.95. The molecule has 0 saturated heterocycles. The van der Waals surface area contributed by atoms with Gasteiger partial charge in [0.1, 0.15) is 11.4 Å². The smallest absolute Gasteiger partial charge is 0.339 e. The van der Waals surface area contributed by atoms with Gasteiger partial charge >= 0.3 is 5.97 Å². The van der Waals surface area contributed by atoms with Gasteiger partial charge in [-0.15, -0.1) is 0 Å². The van der Waals surface area contributed by atoms with Crippen LogP contribution in [0.2, 0.25) is 0 Å². The average molecular weight is 168 g/mol. The van der Waals surface area contributed by atoms with E-state index in [1.165, 1.54) is 6.07 Å². The molecule has 0 amide bonds. The first kappa shape index (κ1) is 8.64. The Kier molecular flexibility index (Phi) is 2.38. The third-order valence-electron chi connectivity index (χ3n) is 1.70.